The minimum atomic E-state index is -4.61. The first kappa shape index (κ1) is 26.0. The molecule has 194 valence electrons. The predicted octanol–water partition coefficient (Wildman–Crippen LogP) is 1.44. The fraction of sp³-hybridized carbons (Fsp3) is 0.409. The average molecular weight is 524 g/mol. The lowest BCUT2D eigenvalue weighted by molar-refractivity contribution is -0.142. The smallest absolute Gasteiger partial charge is 0.403 e. The van der Waals surface area contributed by atoms with E-state index in [0.29, 0.717) is 5.56 Å². The van der Waals surface area contributed by atoms with Crippen LogP contribution in [0, 0.1) is 6.92 Å². The number of nitrogens with one attached hydrogen (secondary N) is 3. The monoisotopic (exact) mass is 524 g/mol. The van der Waals surface area contributed by atoms with Crippen LogP contribution in [-0.2, 0) is 29.8 Å². The van der Waals surface area contributed by atoms with Crippen LogP contribution in [0.1, 0.15) is 23.8 Å². The maximum Gasteiger partial charge on any atom is 0.403 e. The number of hydrogen-bond donors (Lipinski definition) is 4. The Morgan fingerprint density at radius 3 is 2.89 bits per heavy atom. The number of methoxy groups -OCH3 is 1. The van der Waals surface area contributed by atoms with E-state index in [9.17, 15) is 28.2 Å². The molecule has 4 N–H and O–H groups in total. The number of ether oxygens (including phenoxy) is 2. The molecule has 0 radical (unpaired) electrons. The van der Waals surface area contributed by atoms with E-state index < -0.39 is 56.1 Å². The standard InChI is InChI=1S/C22H26FN4O8P/c1-12-10-27(22(30)25-20(12)28)19-8-15(23)18(35-19)11-34-36(31,32)26-17(21(29)33-2)7-13-9-24-16-6-4-3-5-14(13)16/h3-6,9-10,15,17-19,24H,7-8,11H2,1-2H3,(H,25,28,30)(H2,26,31,32)/t15?,17-,18?,19?/m0/s1. The van der Waals surface area contributed by atoms with Gasteiger partial charge in [-0.2, -0.15) is 0 Å². The number of alkyl halides is 1. The highest BCUT2D eigenvalue weighted by atomic mass is 31.2. The van der Waals surface area contributed by atoms with Crippen LogP contribution >= 0.6 is 7.75 Å². The SMILES string of the molecule is COC(=O)[C@H](Cc1c[nH]c2ccccc12)NP(=O)(O)OCC1OC(n2cc(C)c(=O)[nH]c2=O)CC1F. The maximum atomic E-state index is 14.6. The van der Waals surface area contributed by atoms with Crippen LogP contribution in [0.2, 0.25) is 0 Å². The number of carbonyl (C=O) groups is 1. The number of halogens is 1. The van der Waals surface area contributed by atoms with Gasteiger partial charge in [-0.05, 0) is 18.6 Å². The Kier molecular flexibility index (Phi) is 7.57. The zero-order chi connectivity index (χ0) is 26.0. The normalized spacial score (nSPS) is 22.4. The Morgan fingerprint density at radius 2 is 2.14 bits per heavy atom. The summed E-state index contributed by atoms with van der Waals surface area (Å²) in [5, 5.41) is 3.11. The van der Waals surface area contributed by atoms with Gasteiger partial charge in [-0.3, -0.25) is 23.7 Å². The molecular weight excluding hydrogens is 498 g/mol. The molecule has 3 aromatic rings. The summed E-state index contributed by atoms with van der Waals surface area (Å²) < 4.78 is 43.7. The predicted molar refractivity (Wildman–Crippen MR) is 126 cm³/mol. The number of esters is 1. The summed E-state index contributed by atoms with van der Waals surface area (Å²) in [5.41, 5.74) is 0.448. The molecule has 36 heavy (non-hydrogen) atoms. The molecule has 0 spiro atoms. The van der Waals surface area contributed by atoms with Crippen molar-refractivity contribution in [2.75, 3.05) is 13.7 Å². The Balaban J connectivity index is 1.41. The van der Waals surface area contributed by atoms with Crippen molar-refractivity contribution in [1.29, 1.82) is 0 Å². The van der Waals surface area contributed by atoms with Crippen molar-refractivity contribution in [1.82, 2.24) is 19.6 Å². The van der Waals surface area contributed by atoms with Crippen LogP contribution < -0.4 is 16.3 Å². The van der Waals surface area contributed by atoms with Gasteiger partial charge < -0.3 is 19.4 Å². The van der Waals surface area contributed by atoms with Crippen LogP contribution in [0.25, 0.3) is 10.9 Å². The molecule has 1 aliphatic heterocycles. The van der Waals surface area contributed by atoms with Gasteiger partial charge in [0, 0.05) is 41.7 Å². The highest BCUT2D eigenvalue weighted by Crippen LogP contribution is 2.40. The van der Waals surface area contributed by atoms with Crippen molar-refractivity contribution in [3.63, 3.8) is 0 Å². The molecule has 1 saturated heterocycles. The second kappa shape index (κ2) is 10.5. The minimum absolute atomic E-state index is 0.0206. The first-order valence-electron chi connectivity index (χ1n) is 11.1. The quantitative estimate of drug-likeness (QED) is 0.239. The zero-order valence-electron chi connectivity index (χ0n) is 19.5. The van der Waals surface area contributed by atoms with Gasteiger partial charge in [-0.1, -0.05) is 18.2 Å². The Morgan fingerprint density at radius 1 is 1.39 bits per heavy atom. The van der Waals surface area contributed by atoms with Gasteiger partial charge in [-0.15, -0.1) is 0 Å². The highest BCUT2D eigenvalue weighted by Gasteiger charge is 2.39. The summed E-state index contributed by atoms with van der Waals surface area (Å²) >= 11 is 0. The number of benzene rings is 1. The number of aromatic nitrogens is 3. The second-order valence-electron chi connectivity index (χ2n) is 8.44. The number of nitrogens with zero attached hydrogens (tertiary/aromatic N) is 1. The van der Waals surface area contributed by atoms with Gasteiger partial charge in [0.1, 0.15) is 24.5 Å². The number of aryl methyl sites for hydroxylation is 1. The third kappa shape index (κ3) is 5.66. The van der Waals surface area contributed by atoms with Crippen molar-refractivity contribution in [3.8, 4) is 0 Å². The average Bonchev–Trinajstić information content (AvgIpc) is 3.42. The van der Waals surface area contributed by atoms with Crippen molar-refractivity contribution < 1.29 is 32.6 Å². The maximum absolute atomic E-state index is 14.6. The van der Waals surface area contributed by atoms with Gasteiger partial charge in [0.25, 0.3) is 5.56 Å². The summed E-state index contributed by atoms with van der Waals surface area (Å²) in [6.07, 6.45) is -1.18. The van der Waals surface area contributed by atoms with Crippen LogP contribution in [-0.4, -0.2) is 57.4 Å². The first-order valence-corrected chi connectivity index (χ1v) is 12.6. The molecule has 0 bridgehead atoms. The first-order chi connectivity index (χ1) is 17.1. The van der Waals surface area contributed by atoms with Crippen molar-refractivity contribution in [2.24, 2.45) is 0 Å². The van der Waals surface area contributed by atoms with E-state index in [0.717, 1.165) is 22.6 Å². The topological polar surface area (TPSA) is 165 Å². The van der Waals surface area contributed by atoms with Crippen LogP contribution in [0.3, 0.4) is 0 Å². The fourth-order valence-electron chi connectivity index (χ4n) is 4.06. The molecule has 0 saturated carbocycles. The number of carbonyl (C=O) groups excluding carboxylic acids is 1. The summed E-state index contributed by atoms with van der Waals surface area (Å²) in [6.45, 7) is 0.857. The molecule has 5 atom stereocenters. The zero-order valence-corrected chi connectivity index (χ0v) is 20.4. The van der Waals surface area contributed by atoms with Gasteiger partial charge in [0.15, 0.2) is 0 Å². The summed E-state index contributed by atoms with van der Waals surface area (Å²) in [4.78, 5) is 51.5. The van der Waals surface area contributed by atoms with E-state index in [1.807, 2.05) is 24.3 Å². The number of H-pyrrole nitrogens is 2. The summed E-state index contributed by atoms with van der Waals surface area (Å²) in [7, 11) is -3.46. The Hall–Kier alpha value is -3.09. The molecule has 1 fully saturated rings. The molecule has 4 rings (SSSR count). The van der Waals surface area contributed by atoms with E-state index in [4.69, 9.17) is 14.0 Å². The van der Waals surface area contributed by atoms with Crippen molar-refractivity contribution in [2.45, 2.75) is 44.3 Å². The number of aromatic amines is 2. The third-order valence-corrected chi connectivity index (χ3v) is 7.07. The van der Waals surface area contributed by atoms with E-state index in [-0.39, 0.29) is 18.4 Å². The molecule has 2 aromatic heterocycles. The second-order valence-corrected chi connectivity index (χ2v) is 10.0. The van der Waals surface area contributed by atoms with Crippen molar-refractivity contribution >= 4 is 24.6 Å². The molecule has 1 aliphatic rings. The Labute approximate surface area is 204 Å². The van der Waals surface area contributed by atoms with Gasteiger partial charge in [0.05, 0.1) is 13.7 Å². The molecular formula is C22H26FN4O8P. The van der Waals surface area contributed by atoms with Crippen LogP contribution in [0.4, 0.5) is 4.39 Å². The van der Waals surface area contributed by atoms with E-state index in [1.54, 1.807) is 6.20 Å². The third-order valence-electron chi connectivity index (χ3n) is 5.94. The molecule has 4 unspecified atom stereocenters. The van der Waals surface area contributed by atoms with Crippen molar-refractivity contribution in [3.05, 3.63) is 68.6 Å². The molecule has 14 heteroatoms. The van der Waals surface area contributed by atoms with Gasteiger partial charge in [-0.25, -0.2) is 18.8 Å². The lowest BCUT2D eigenvalue weighted by Crippen LogP contribution is -2.38. The van der Waals surface area contributed by atoms with Gasteiger partial charge >= 0.3 is 19.4 Å². The van der Waals surface area contributed by atoms with Gasteiger partial charge in [0.2, 0.25) is 0 Å². The minimum Gasteiger partial charge on any atom is -0.468 e. The van der Waals surface area contributed by atoms with E-state index >= 15 is 0 Å². The number of rotatable bonds is 9. The van der Waals surface area contributed by atoms with E-state index in [2.05, 4.69) is 15.1 Å². The molecule has 12 nitrogen and oxygen atoms in total. The van der Waals surface area contributed by atoms with Crippen LogP contribution in [0.15, 0.2) is 46.2 Å². The lowest BCUT2D eigenvalue weighted by atomic mass is 10.1. The highest BCUT2D eigenvalue weighted by molar-refractivity contribution is 7.50. The number of fused-ring (bicyclic) bond motifs is 1. The molecule has 1 aromatic carbocycles. The summed E-state index contributed by atoms with van der Waals surface area (Å²) in [5.74, 6) is -0.786. The summed E-state index contributed by atoms with van der Waals surface area (Å²) in [6, 6.07) is 6.13. The van der Waals surface area contributed by atoms with Crippen LogP contribution in [0.5, 0.6) is 0 Å². The Bertz CT molecular complexity index is 1420. The van der Waals surface area contributed by atoms with E-state index in [1.165, 1.54) is 13.1 Å². The molecule has 0 aliphatic carbocycles. The largest absolute Gasteiger partial charge is 0.468 e. The number of hydrogen-bond acceptors (Lipinski definition) is 7. The molecule has 3 heterocycles. The lowest BCUT2D eigenvalue weighted by Gasteiger charge is -2.22. The molecule has 0 amide bonds. The number of para-hydroxylation sites is 1. The fourth-order valence-corrected chi connectivity index (χ4v) is 5.08.